The number of ether oxygens (including phenoxy) is 2. The van der Waals surface area contributed by atoms with Crippen molar-refractivity contribution in [2.75, 3.05) is 58.5 Å². The van der Waals surface area contributed by atoms with Crippen LogP contribution in [0.1, 0.15) is 12.8 Å². The van der Waals surface area contributed by atoms with E-state index in [0.717, 1.165) is 47.0 Å². The van der Waals surface area contributed by atoms with Crippen molar-refractivity contribution in [2.45, 2.75) is 18.9 Å². The Morgan fingerprint density at radius 1 is 1.33 bits per heavy atom. The van der Waals surface area contributed by atoms with Gasteiger partial charge >= 0.3 is 6.03 Å². The maximum Gasteiger partial charge on any atom is 0.320 e. The van der Waals surface area contributed by atoms with Crippen LogP contribution in [0.15, 0.2) is 18.2 Å². The number of nitrogens with zero attached hydrogens (tertiary/aromatic N) is 4. The lowest BCUT2D eigenvalue weighted by Crippen LogP contribution is -2.54. The number of fused-ring (bicyclic) bond motifs is 1. The van der Waals surface area contributed by atoms with Gasteiger partial charge in [0.25, 0.3) is 0 Å². The normalized spacial score (nSPS) is 20.7. The second-order valence-electron chi connectivity index (χ2n) is 7.04. The van der Waals surface area contributed by atoms with Gasteiger partial charge in [-0.25, -0.2) is 9.78 Å². The van der Waals surface area contributed by atoms with Crippen LogP contribution in [0.5, 0.6) is 5.75 Å². The lowest BCUT2D eigenvalue weighted by atomic mass is 10.1. The third kappa shape index (κ3) is 3.68. The quantitative estimate of drug-likeness (QED) is 0.806. The maximum absolute atomic E-state index is 12.8. The summed E-state index contributed by atoms with van der Waals surface area (Å²) in [5, 5.41) is 1.01. The zero-order valence-corrected chi connectivity index (χ0v) is 16.7. The van der Waals surface area contributed by atoms with E-state index in [0.29, 0.717) is 26.3 Å². The van der Waals surface area contributed by atoms with E-state index in [1.54, 1.807) is 18.4 Å². The molecule has 146 valence electrons. The Morgan fingerprint density at radius 2 is 2.15 bits per heavy atom. The third-order valence-corrected chi connectivity index (χ3v) is 6.47. The molecule has 1 aromatic carbocycles. The minimum Gasteiger partial charge on any atom is -0.494 e. The van der Waals surface area contributed by atoms with Crippen LogP contribution in [-0.2, 0) is 4.74 Å². The molecule has 1 atom stereocenters. The molecule has 3 heterocycles. The number of carbonyl (C=O) groups excluding carboxylic acids is 1. The number of hydrogen-bond acceptors (Lipinski definition) is 6. The number of urea groups is 1. The maximum atomic E-state index is 12.8. The molecule has 2 aliphatic heterocycles. The largest absolute Gasteiger partial charge is 0.494 e. The van der Waals surface area contributed by atoms with Crippen molar-refractivity contribution in [3.05, 3.63) is 18.2 Å². The van der Waals surface area contributed by atoms with Gasteiger partial charge in [0.1, 0.15) is 11.3 Å². The second kappa shape index (κ2) is 7.90. The summed E-state index contributed by atoms with van der Waals surface area (Å²) in [7, 11) is 3.60. The summed E-state index contributed by atoms with van der Waals surface area (Å²) in [6.45, 7) is 4.40. The van der Waals surface area contributed by atoms with E-state index in [1.165, 1.54) is 0 Å². The van der Waals surface area contributed by atoms with Crippen LogP contribution < -0.4 is 9.64 Å². The minimum absolute atomic E-state index is 0.108. The first kappa shape index (κ1) is 18.3. The number of piperidine rings is 1. The monoisotopic (exact) mass is 390 g/mol. The van der Waals surface area contributed by atoms with Crippen molar-refractivity contribution in [3.8, 4) is 5.75 Å². The van der Waals surface area contributed by atoms with Gasteiger partial charge in [0.2, 0.25) is 0 Å². The highest BCUT2D eigenvalue weighted by molar-refractivity contribution is 7.22. The molecule has 0 saturated carbocycles. The topological polar surface area (TPSA) is 58.1 Å². The summed E-state index contributed by atoms with van der Waals surface area (Å²) in [5.41, 5.74) is 0.917. The van der Waals surface area contributed by atoms with E-state index >= 15 is 0 Å². The number of carbonyl (C=O) groups is 1. The SMILES string of the molecule is COc1cccc2sc(N3CCCC(N(C)C(=O)N4CCOCC4)C3)nc12. The Kier molecular flexibility index (Phi) is 5.36. The second-order valence-corrected chi connectivity index (χ2v) is 8.05. The van der Waals surface area contributed by atoms with E-state index < -0.39 is 0 Å². The Morgan fingerprint density at radius 3 is 2.93 bits per heavy atom. The highest BCUT2D eigenvalue weighted by Gasteiger charge is 2.30. The van der Waals surface area contributed by atoms with Gasteiger partial charge < -0.3 is 24.2 Å². The summed E-state index contributed by atoms with van der Waals surface area (Å²) < 4.78 is 11.9. The number of anilines is 1. The van der Waals surface area contributed by atoms with E-state index in [9.17, 15) is 4.79 Å². The van der Waals surface area contributed by atoms with Crippen molar-refractivity contribution < 1.29 is 14.3 Å². The molecule has 0 N–H and O–H groups in total. The molecule has 2 fully saturated rings. The van der Waals surface area contributed by atoms with Gasteiger partial charge in [-0.1, -0.05) is 17.4 Å². The van der Waals surface area contributed by atoms with E-state index in [1.807, 2.05) is 29.0 Å². The fraction of sp³-hybridized carbons (Fsp3) is 0.579. The van der Waals surface area contributed by atoms with Crippen LogP contribution in [0.4, 0.5) is 9.93 Å². The molecule has 8 heteroatoms. The molecule has 1 unspecified atom stereocenters. The Labute approximate surface area is 163 Å². The van der Waals surface area contributed by atoms with E-state index in [-0.39, 0.29) is 12.1 Å². The van der Waals surface area contributed by atoms with Gasteiger partial charge in [-0.3, -0.25) is 0 Å². The summed E-state index contributed by atoms with van der Waals surface area (Å²) in [5.74, 6) is 0.808. The first-order valence-corrected chi connectivity index (χ1v) is 10.3. The van der Waals surface area contributed by atoms with Crippen molar-refractivity contribution in [3.63, 3.8) is 0 Å². The van der Waals surface area contributed by atoms with Gasteiger partial charge in [-0.15, -0.1) is 0 Å². The molecule has 2 amide bonds. The van der Waals surface area contributed by atoms with Crippen molar-refractivity contribution in [1.82, 2.24) is 14.8 Å². The lowest BCUT2D eigenvalue weighted by Gasteiger charge is -2.40. The average molecular weight is 391 g/mol. The number of hydrogen-bond donors (Lipinski definition) is 0. The summed E-state index contributed by atoms with van der Waals surface area (Å²) in [6, 6.07) is 6.32. The predicted octanol–water partition coefficient (Wildman–Crippen LogP) is 2.66. The molecule has 7 nitrogen and oxygen atoms in total. The van der Waals surface area contributed by atoms with Crippen LogP contribution in [0, 0.1) is 0 Å². The van der Waals surface area contributed by atoms with Gasteiger partial charge in [0.15, 0.2) is 5.13 Å². The number of methoxy groups -OCH3 is 1. The number of para-hydroxylation sites is 1. The first-order valence-electron chi connectivity index (χ1n) is 9.45. The molecule has 0 bridgehead atoms. The molecule has 4 rings (SSSR count). The summed E-state index contributed by atoms with van der Waals surface area (Å²) in [4.78, 5) is 23.7. The number of rotatable bonds is 3. The molecule has 2 saturated heterocycles. The zero-order chi connectivity index (χ0) is 18.8. The highest BCUT2D eigenvalue weighted by atomic mass is 32.1. The summed E-state index contributed by atoms with van der Waals surface area (Å²) >= 11 is 1.69. The van der Waals surface area contributed by atoms with Crippen LogP contribution in [0.2, 0.25) is 0 Å². The standard InChI is InChI=1S/C19H26N4O3S/c1-21(19(24)22-9-11-26-12-10-22)14-5-4-8-23(13-14)18-20-17-15(25-2)6-3-7-16(17)27-18/h3,6-7,14H,4-5,8-13H2,1-2H3. The number of benzene rings is 1. The smallest absolute Gasteiger partial charge is 0.320 e. The molecule has 0 aliphatic carbocycles. The first-order chi connectivity index (χ1) is 13.2. The molecule has 0 radical (unpaired) electrons. The number of thiazole rings is 1. The zero-order valence-electron chi connectivity index (χ0n) is 15.9. The molecule has 2 aromatic rings. The van der Waals surface area contributed by atoms with E-state index in [2.05, 4.69) is 11.0 Å². The average Bonchev–Trinajstić information content (AvgIpc) is 3.18. The van der Waals surface area contributed by atoms with Crippen LogP contribution in [0.3, 0.4) is 0 Å². The lowest BCUT2D eigenvalue weighted by molar-refractivity contribution is 0.0414. The van der Waals surface area contributed by atoms with Crippen molar-refractivity contribution >= 4 is 32.7 Å². The van der Waals surface area contributed by atoms with Gasteiger partial charge in [-0.2, -0.15) is 0 Å². The van der Waals surface area contributed by atoms with Gasteiger partial charge in [0, 0.05) is 33.2 Å². The van der Waals surface area contributed by atoms with Crippen LogP contribution in [0.25, 0.3) is 10.2 Å². The highest BCUT2D eigenvalue weighted by Crippen LogP contribution is 2.35. The van der Waals surface area contributed by atoms with Gasteiger partial charge in [-0.05, 0) is 25.0 Å². The van der Waals surface area contributed by atoms with Crippen molar-refractivity contribution in [2.24, 2.45) is 0 Å². The summed E-state index contributed by atoms with van der Waals surface area (Å²) in [6.07, 6.45) is 2.08. The molecule has 2 aliphatic rings. The number of likely N-dealkylation sites (N-methyl/N-ethyl adjacent to an activating group) is 1. The number of aromatic nitrogens is 1. The van der Waals surface area contributed by atoms with E-state index in [4.69, 9.17) is 14.5 Å². The molecule has 27 heavy (non-hydrogen) atoms. The molecule has 1 aromatic heterocycles. The fourth-order valence-electron chi connectivity index (χ4n) is 3.79. The number of morpholine rings is 1. The van der Waals surface area contributed by atoms with Crippen LogP contribution >= 0.6 is 11.3 Å². The fourth-order valence-corrected chi connectivity index (χ4v) is 4.81. The molecular formula is C19H26N4O3S. The Hall–Kier alpha value is -2.06. The Bertz CT molecular complexity index is 805. The molecule has 0 spiro atoms. The van der Waals surface area contributed by atoms with Crippen LogP contribution in [-0.4, -0.2) is 80.4 Å². The molecular weight excluding hydrogens is 364 g/mol. The third-order valence-electron chi connectivity index (χ3n) is 5.39. The minimum atomic E-state index is 0.108. The number of amides is 2. The van der Waals surface area contributed by atoms with Crippen molar-refractivity contribution in [1.29, 1.82) is 0 Å². The Balaban J connectivity index is 1.48. The van der Waals surface area contributed by atoms with Gasteiger partial charge in [0.05, 0.1) is 31.1 Å². The predicted molar refractivity (Wildman–Crippen MR) is 107 cm³/mol.